The highest BCUT2D eigenvalue weighted by atomic mass is 32.1. The number of rotatable bonds is 4. The number of fused-ring (bicyclic) bond motifs is 1. The first kappa shape index (κ1) is 16.4. The molecule has 0 bridgehead atoms. The molecule has 1 atom stereocenters. The third kappa shape index (κ3) is 3.41. The number of benzene rings is 1. The molecule has 3 rings (SSSR count). The van der Waals surface area contributed by atoms with Crippen LogP contribution in [0.15, 0.2) is 30.3 Å². The Morgan fingerprint density at radius 1 is 1.25 bits per heavy atom. The number of esters is 1. The van der Waals surface area contributed by atoms with Crippen molar-refractivity contribution in [1.29, 1.82) is 0 Å². The lowest BCUT2D eigenvalue weighted by Gasteiger charge is -2.33. The van der Waals surface area contributed by atoms with Crippen LogP contribution in [0.1, 0.15) is 28.9 Å². The number of hydrogen-bond donors (Lipinski definition) is 1. The Bertz CT molecular complexity index is 753. The van der Waals surface area contributed by atoms with Crippen LogP contribution >= 0.6 is 11.3 Å². The van der Waals surface area contributed by atoms with E-state index in [0.717, 1.165) is 22.9 Å². The zero-order valence-electron chi connectivity index (χ0n) is 13.1. The van der Waals surface area contributed by atoms with E-state index in [4.69, 9.17) is 10.5 Å². The first-order chi connectivity index (χ1) is 11.6. The van der Waals surface area contributed by atoms with E-state index >= 15 is 0 Å². The van der Waals surface area contributed by atoms with Gasteiger partial charge in [-0.1, -0.05) is 18.2 Å². The van der Waals surface area contributed by atoms with E-state index in [9.17, 15) is 14.4 Å². The predicted molar refractivity (Wildman–Crippen MR) is 90.7 cm³/mol. The van der Waals surface area contributed by atoms with Crippen LogP contribution in [0.2, 0.25) is 0 Å². The van der Waals surface area contributed by atoms with Gasteiger partial charge in [0.2, 0.25) is 5.91 Å². The summed E-state index contributed by atoms with van der Waals surface area (Å²) in [5.41, 5.74) is 5.35. The van der Waals surface area contributed by atoms with Crippen molar-refractivity contribution >= 4 is 39.2 Å². The number of carbonyl (C=O) groups is 3. The van der Waals surface area contributed by atoms with Crippen molar-refractivity contribution in [2.75, 3.05) is 13.2 Å². The average molecular weight is 346 g/mol. The molecule has 2 N–H and O–H groups in total. The fourth-order valence-electron chi connectivity index (χ4n) is 2.89. The number of primary amides is 1. The number of piperidine rings is 1. The largest absolute Gasteiger partial charge is 0.451 e. The van der Waals surface area contributed by atoms with Gasteiger partial charge in [-0.2, -0.15) is 0 Å². The fourth-order valence-corrected chi connectivity index (χ4v) is 3.85. The monoisotopic (exact) mass is 346 g/mol. The Kier molecular flexibility index (Phi) is 4.80. The number of thiophene rings is 1. The molecular weight excluding hydrogens is 328 g/mol. The number of hydrogen-bond acceptors (Lipinski definition) is 5. The van der Waals surface area contributed by atoms with Crippen LogP contribution in [0.4, 0.5) is 0 Å². The maximum atomic E-state index is 12.3. The summed E-state index contributed by atoms with van der Waals surface area (Å²) in [5.74, 6) is -1.43. The van der Waals surface area contributed by atoms with Crippen molar-refractivity contribution in [1.82, 2.24) is 4.90 Å². The summed E-state index contributed by atoms with van der Waals surface area (Å²) in [6, 6.07) is 8.78. The number of likely N-dealkylation sites (tertiary alicyclic amines) is 1. The van der Waals surface area contributed by atoms with Gasteiger partial charge < -0.3 is 15.4 Å². The van der Waals surface area contributed by atoms with Gasteiger partial charge in [0.25, 0.3) is 5.91 Å². The van der Waals surface area contributed by atoms with Crippen molar-refractivity contribution in [3.63, 3.8) is 0 Å². The van der Waals surface area contributed by atoms with E-state index in [2.05, 4.69) is 0 Å². The molecule has 7 heteroatoms. The Morgan fingerprint density at radius 2 is 2.04 bits per heavy atom. The van der Waals surface area contributed by atoms with Crippen molar-refractivity contribution < 1.29 is 19.1 Å². The van der Waals surface area contributed by atoms with Crippen LogP contribution in [0.3, 0.4) is 0 Å². The standard InChI is InChI=1S/C17H18N2O4S/c18-16(21)12-6-3-4-8-19(12)15(20)10-23-17(22)14-9-11-5-1-2-7-13(11)24-14/h1-2,5,7,9,12H,3-4,6,8,10H2,(H2,18,21)/t12-/m1/s1. The van der Waals surface area contributed by atoms with E-state index in [1.165, 1.54) is 16.2 Å². The number of ether oxygens (including phenoxy) is 1. The summed E-state index contributed by atoms with van der Waals surface area (Å²) in [5, 5.41) is 0.964. The maximum absolute atomic E-state index is 12.3. The molecule has 6 nitrogen and oxygen atoms in total. The molecule has 1 aliphatic rings. The molecule has 2 heterocycles. The lowest BCUT2D eigenvalue weighted by atomic mass is 10.0. The highest BCUT2D eigenvalue weighted by molar-refractivity contribution is 7.20. The second-order valence-electron chi connectivity index (χ2n) is 5.73. The average Bonchev–Trinajstić information content (AvgIpc) is 3.03. The Hall–Kier alpha value is -2.41. The fraction of sp³-hybridized carbons (Fsp3) is 0.353. The van der Waals surface area contributed by atoms with Crippen molar-refractivity contribution in [3.8, 4) is 0 Å². The molecule has 0 unspecified atom stereocenters. The van der Waals surface area contributed by atoms with Crippen LogP contribution in [-0.2, 0) is 14.3 Å². The minimum Gasteiger partial charge on any atom is -0.451 e. The highest BCUT2D eigenvalue weighted by Crippen LogP contribution is 2.26. The Balaban J connectivity index is 1.62. The van der Waals surface area contributed by atoms with Crippen LogP contribution < -0.4 is 5.73 Å². The molecule has 126 valence electrons. The molecule has 0 radical (unpaired) electrons. The number of nitrogens with two attached hydrogens (primary N) is 1. The van der Waals surface area contributed by atoms with Gasteiger partial charge in [-0.15, -0.1) is 11.3 Å². The highest BCUT2D eigenvalue weighted by Gasteiger charge is 2.31. The number of carbonyl (C=O) groups excluding carboxylic acids is 3. The molecule has 1 aromatic heterocycles. The van der Waals surface area contributed by atoms with Crippen LogP contribution in [0, 0.1) is 0 Å². The summed E-state index contributed by atoms with van der Waals surface area (Å²) >= 11 is 1.32. The van der Waals surface area contributed by atoms with E-state index in [1.54, 1.807) is 6.07 Å². The van der Waals surface area contributed by atoms with Gasteiger partial charge in [-0.05, 0) is 36.8 Å². The first-order valence-electron chi connectivity index (χ1n) is 7.81. The third-order valence-electron chi connectivity index (χ3n) is 4.11. The predicted octanol–water partition coefficient (Wildman–Crippen LogP) is 1.92. The molecule has 2 aromatic rings. The lowest BCUT2D eigenvalue weighted by molar-refractivity contribution is -0.143. The summed E-state index contributed by atoms with van der Waals surface area (Å²) in [4.78, 5) is 37.7. The van der Waals surface area contributed by atoms with Gasteiger partial charge in [-0.3, -0.25) is 9.59 Å². The third-order valence-corrected chi connectivity index (χ3v) is 5.20. The zero-order valence-corrected chi connectivity index (χ0v) is 13.9. The van der Waals surface area contributed by atoms with Crippen molar-refractivity contribution in [2.24, 2.45) is 5.73 Å². The van der Waals surface area contributed by atoms with E-state index in [-0.39, 0.29) is 12.5 Å². The smallest absolute Gasteiger partial charge is 0.348 e. The minimum absolute atomic E-state index is 0.378. The first-order valence-corrected chi connectivity index (χ1v) is 8.62. The zero-order chi connectivity index (χ0) is 17.1. The Morgan fingerprint density at radius 3 is 2.79 bits per heavy atom. The van der Waals surface area contributed by atoms with Crippen molar-refractivity contribution in [2.45, 2.75) is 25.3 Å². The number of amides is 2. The summed E-state index contributed by atoms with van der Waals surface area (Å²) in [6.07, 6.45) is 2.24. The van der Waals surface area contributed by atoms with Gasteiger partial charge in [0.15, 0.2) is 6.61 Å². The maximum Gasteiger partial charge on any atom is 0.348 e. The summed E-state index contributed by atoms with van der Waals surface area (Å²) in [7, 11) is 0. The van der Waals surface area contributed by atoms with Gasteiger partial charge in [-0.25, -0.2) is 4.79 Å². The molecule has 24 heavy (non-hydrogen) atoms. The van der Waals surface area contributed by atoms with Gasteiger partial charge >= 0.3 is 5.97 Å². The van der Waals surface area contributed by atoms with E-state index in [1.807, 2.05) is 24.3 Å². The molecule has 2 amide bonds. The normalized spacial score (nSPS) is 17.7. The van der Waals surface area contributed by atoms with Gasteiger partial charge in [0.05, 0.1) is 0 Å². The van der Waals surface area contributed by atoms with E-state index < -0.39 is 17.9 Å². The second-order valence-corrected chi connectivity index (χ2v) is 6.81. The number of nitrogens with zero attached hydrogens (tertiary/aromatic N) is 1. The molecule has 0 aliphatic carbocycles. The lowest BCUT2D eigenvalue weighted by Crippen LogP contribution is -2.51. The molecule has 0 saturated carbocycles. The summed E-state index contributed by atoms with van der Waals surface area (Å²) in [6.45, 7) is 0.0870. The van der Waals surface area contributed by atoms with Crippen LogP contribution in [0.25, 0.3) is 10.1 Å². The van der Waals surface area contributed by atoms with Gasteiger partial charge in [0, 0.05) is 11.2 Å². The molecule has 1 aliphatic heterocycles. The second kappa shape index (κ2) is 7.00. The molecular formula is C17H18N2O4S. The van der Waals surface area contributed by atoms with Crippen LogP contribution in [0.5, 0.6) is 0 Å². The topological polar surface area (TPSA) is 89.7 Å². The SMILES string of the molecule is NC(=O)[C@H]1CCCCN1C(=O)COC(=O)c1cc2ccccc2s1. The quantitative estimate of drug-likeness (QED) is 0.857. The van der Waals surface area contributed by atoms with Crippen molar-refractivity contribution in [3.05, 3.63) is 35.2 Å². The van der Waals surface area contributed by atoms with Gasteiger partial charge in [0.1, 0.15) is 10.9 Å². The molecule has 1 saturated heterocycles. The molecule has 1 fully saturated rings. The molecule has 0 spiro atoms. The Labute approximate surface area is 143 Å². The summed E-state index contributed by atoms with van der Waals surface area (Å²) < 4.78 is 6.12. The van der Waals surface area contributed by atoms with E-state index in [0.29, 0.717) is 17.8 Å². The minimum atomic E-state index is -0.603. The van der Waals surface area contributed by atoms with Crippen LogP contribution in [-0.4, -0.2) is 41.9 Å². The molecule has 1 aromatic carbocycles.